The molecule has 0 fully saturated rings. The van der Waals surface area contributed by atoms with Gasteiger partial charge in [-0.1, -0.05) is 24.3 Å². The number of fused-ring (bicyclic) bond motifs is 1. The third kappa shape index (κ3) is 2.78. The van der Waals surface area contributed by atoms with Gasteiger partial charge < -0.3 is 0 Å². The Kier molecular flexibility index (Phi) is 4.10. The molecule has 1 heterocycles. The van der Waals surface area contributed by atoms with Crippen molar-refractivity contribution in [3.8, 4) is 12.1 Å². The number of carbonyl (C=O) groups excluding carboxylic acids is 1. The topological polar surface area (TPSA) is 104 Å². The first kappa shape index (κ1) is 16.4. The summed E-state index contributed by atoms with van der Waals surface area (Å²) in [6, 6.07) is 17.3. The number of nitriles is 2. The van der Waals surface area contributed by atoms with Gasteiger partial charge in [0.05, 0.1) is 28.1 Å². The highest BCUT2D eigenvalue weighted by Gasteiger charge is 2.26. The van der Waals surface area contributed by atoms with Crippen molar-refractivity contribution in [1.82, 2.24) is 3.97 Å². The number of carbonyl (C=O) groups is 1. The molecule has 1 aromatic heterocycles. The number of hydrogen-bond donors (Lipinski definition) is 0. The predicted octanol–water partition coefficient (Wildman–Crippen LogP) is 2.85. The van der Waals surface area contributed by atoms with E-state index in [1.54, 1.807) is 36.4 Å². The van der Waals surface area contributed by atoms with Gasteiger partial charge in [0.15, 0.2) is 5.78 Å². The number of Topliss-reactive ketones (excluding diaryl/α,β-unsaturated/α-hetero) is 1. The summed E-state index contributed by atoms with van der Waals surface area (Å²) in [6.45, 7) is 0. The molecule has 3 aromatic rings. The number of benzene rings is 2. The molecule has 0 spiro atoms. The second-order valence-electron chi connectivity index (χ2n) is 5.26. The van der Waals surface area contributed by atoms with Crippen LogP contribution in [0, 0.1) is 22.7 Å². The van der Waals surface area contributed by atoms with E-state index in [9.17, 15) is 13.2 Å². The Hall–Kier alpha value is -3.42. The summed E-state index contributed by atoms with van der Waals surface area (Å²) in [5.41, 5.74) is 0.397. The maximum Gasteiger partial charge on any atom is 0.268 e. The van der Waals surface area contributed by atoms with E-state index in [0.717, 1.165) is 3.97 Å². The van der Waals surface area contributed by atoms with Crippen molar-refractivity contribution in [2.45, 2.75) is 11.3 Å². The van der Waals surface area contributed by atoms with Crippen LogP contribution in [-0.2, 0) is 10.0 Å². The van der Waals surface area contributed by atoms with Gasteiger partial charge in [0, 0.05) is 5.39 Å². The van der Waals surface area contributed by atoms with Crippen molar-refractivity contribution >= 4 is 26.7 Å². The zero-order chi connectivity index (χ0) is 18.0. The van der Waals surface area contributed by atoms with Gasteiger partial charge in [0.1, 0.15) is 12.1 Å². The van der Waals surface area contributed by atoms with Crippen LogP contribution in [0.1, 0.15) is 22.5 Å². The molecule has 7 heteroatoms. The number of rotatable bonds is 4. The molecule has 0 aliphatic rings. The summed E-state index contributed by atoms with van der Waals surface area (Å²) in [5, 5.41) is 18.4. The average Bonchev–Trinajstić information content (AvgIpc) is 3.02. The molecule has 0 amide bonds. The Morgan fingerprint density at radius 2 is 1.76 bits per heavy atom. The molecule has 0 aliphatic carbocycles. The molecule has 0 aliphatic heterocycles. The first-order chi connectivity index (χ1) is 12.0. The van der Waals surface area contributed by atoms with Crippen LogP contribution in [0.4, 0.5) is 0 Å². The zero-order valence-corrected chi connectivity index (χ0v) is 13.7. The lowest BCUT2D eigenvalue weighted by atomic mass is 10.1. The first-order valence-corrected chi connectivity index (χ1v) is 8.69. The number of ketones is 1. The van der Waals surface area contributed by atoms with Crippen LogP contribution in [0.15, 0.2) is 59.5 Å². The Bertz CT molecular complexity index is 1160. The Balaban J connectivity index is 2.39. The van der Waals surface area contributed by atoms with Gasteiger partial charge in [0.2, 0.25) is 0 Å². The van der Waals surface area contributed by atoms with E-state index in [4.69, 9.17) is 10.5 Å². The van der Waals surface area contributed by atoms with Gasteiger partial charge in [-0.3, -0.25) is 4.79 Å². The number of nitrogens with zero attached hydrogens (tertiary/aromatic N) is 3. The van der Waals surface area contributed by atoms with Crippen LogP contribution in [0.5, 0.6) is 0 Å². The first-order valence-electron chi connectivity index (χ1n) is 7.25. The fourth-order valence-electron chi connectivity index (χ4n) is 2.56. The maximum absolute atomic E-state index is 13.1. The molecule has 3 rings (SSSR count). The smallest absolute Gasteiger partial charge is 0.268 e. The van der Waals surface area contributed by atoms with Gasteiger partial charge in [-0.15, -0.1) is 0 Å². The van der Waals surface area contributed by atoms with Gasteiger partial charge in [0.25, 0.3) is 10.0 Å². The molecule has 0 saturated carbocycles. The van der Waals surface area contributed by atoms with E-state index in [0.29, 0.717) is 5.39 Å². The van der Waals surface area contributed by atoms with Gasteiger partial charge in [-0.25, -0.2) is 12.4 Å². The molecular formula is C18H11N3O3S. The molecule has 25 heavy (non-hydrogen) atoms. The third-order valence-electron chi connectivity index (χ3n) is 3.70. The standard InChI is InChI=1S/C18H11N3O3S/c19-9-8-18(22)17-11-14-7-6-13(12-20)10-16(14)21(17)25(23,24)15-4-2-1-3-5-15/h1-7,10-11H,8H2. The van der Waals surface area contributed by atoms with Crippen molar-refractivity contribution in [3.05, 3.63) is 65.9 Å². The van der Waals surface area contributed by atoms with E-state index < -0.39 is 22.2 Å². The monoisotopic (exact) mass is 349 g/mol. The molecule has 0 N–H and O–H groups in total. The van der Waals surface area contributed by atoms with Crippen LogP contribution in [0.3, 0.4) is 0 Å². The molecule has 0 radical (unpaired) electrons. The van der Waals surface area contributed by atoms with Crippen LogP contribution in [0.2, 0.25) is 0 Å². The van der Waals surface area contributed by atoms with Crippen LogP contribution >= 0.6 is 0 Å². The molecule has 6 nitrogen and oxygen atoms in total. The van der Waals surface area contributed by atoms with Crippen molar-refractivity contribution in [1.29, 1.82) is 10.5 Å². The van der Waals surface area contributed by atoms with Crippen molar-refractivity contribution in [3.63, 3.8) is 0 Å². The summed E-state index contributed by atoms with van der Waals surface area (Å²) in [7, 11) is -4.06. The summed E-state index contributed by atoms with van der Waals surface area (Å²) < 4.78 is 27.1. The lowest BCUT2D eigenvalue weighted by Gasteiger charge is -2.11. The van der Waals surface area contributed by atoms with Crippen molar-refractivity contribution in [2.75, 3.05) is 0 Å². The fraction of sp³-hybridized carbons (Fsp3) is 0.0556. The molecule has 0 atom stereocenters. The largest absolute Gasteiger partial charge is 0.291 e. The van der Waals surface area contributed by atoms with E-state index >= 15 is 0 Å². The Morgan fingerprint density at radius 3 is 2.40 bits per heavy atom. The van der Waals surface area contributed by atoms with Gasteiger partial charge >= 0.3 is 0 Å². The predicted molar refractivity (Wildman–Crippen MR) is 90.2 cm³/mol. The van der Waals surface area contributed by atoms with E-state index in [2.05, 4.69) is 0 Å². The quantitative estimate of drug-likeness (QED) is 0.674. The summed E-state index contributed by atoms with van der Waals surface area (Å²) >= 11 is 0. The second-order valence-corrected chi connectivity index (χ2v) is 7.04. The maximum atomic E-state index is 13.1. The molecular weight excluding hydrogens is 338 g/mol. The van der Waals surface area contributed by atoms with E-state index in [1.165, 1.54) is 24.3 Å². The minimum Gasteiger partial charge on any atom is -0.291 e. The number of hydrogen-bond acceptors (Lipinski definition) is 5. The summed E-state index contributed by atoms with van der Waals surface area (Å²) in [6.07, 6.45) is -0.439. The number of aromatic nitrogens is 1. The van der Waals surface area contributed by atoms with Gasteiger partial charge in [-0.05, 0) is 30.3 Å². The minimum absolute atomic E-state index is 0.0147. The van der Waals surface area contributed by atoms with E-state index in [-0.39, 0.29) is 21.7 Å². The zero-order valence-electron chi connectivity index (χ0n) is 12.9. The van der Waals surface area contributed by atoms with Crippen LogP contribution in [-0.4, -0.2) is 18.2 Å². The molecule has 0 unspecified atom stereocenters. The highest BCUT2D eigenvalue weighted by Crippen LogP contribution is 2.27. The second kappa shape index (κ2) is 6.23. The van der Waals surface area contributed by atoms with Gasteiger partial charge in [-0.2, -0.15) is 10.5 Å². The SMILES string of the molecule is N#CCC(=O)c1cc2ccc(C#N)cc2n1S(=O)(=O)c1ccccc1. The molecule has 122 valence electrons. The third-order valence-corrected chi connectivity index (χ3v) is 5.44. The van der Waals surface area contributed by atoms with Crippen LogP contribution < -0.4 is 0 Å². The lowest BCUT2D eigenvalue weighted by Crippen LogP contribution is -2.18. The average molecular weight is 349 g/mol. The highest BCUT2D eigenvalue weighted by atomic mass is 32.2. The molecule has 0 bridgehead atoms. The summed E-state index contributed by atoms with van der Waals surface area (Å²) in [4.78, 5) is 12.3. The van der Waals surface area contributed by atoms with E-state index in [1.807, 2.05) is 6.07 Å². The minimum atomic E-state index is -4.06. The normalized spacial score (nSPS) is 11.0. The molecule has 0 saturated heterocycles. The lowest BCUT2D eigenvalue weighted by molar-refractivity contribution is 0.0992. The van der Waals surface area contributed by atoms with Crippen LogP contribution in [0.25, 0.3) is 10.9 Å². The highest BCUT2D eigenvalue weighted by molar-refractivity contribution is 7.90. The Morgan fingerprint density at radius 1 is 1.04 bits per heavy atom. The fourth-order valence-corrected chi connectivity index (χ4v) is 4.10. The summed E-state index contributed by atoms with van der Waals surface area (Å²) in [5.74, 6) is -0.600. The Labute approximate surface area is 144 Å². The van der Waals surface area contributed by atoms with Crippen molar-refractivity contribution in [2.24, 2.45) is 0 Å². The molecule has 2 aromatic carbocycles. The van der Waals surface area contributed by atoms with Crippen molar-refractivity contribution < 1.29 is 13.2 Å².